The van der Waals surface area contributed by atoms with Crippen LogP contribution in [0.25, 0.3) is 0 Å². The second kappa shape index (κ2) is 10.9. The molecule has 0 fully saturated rings. The van der Waals surface area contributed by atoms with Crippen LogP contribution in [-0.4, -0.2) is 58.6 Å². The van der Waals surface area contributed by atoms with Crippen molar-refractivity contribution in [1.29, 1.82) is 0 Å². The lowest BCUT2D eigenvalue weighted by Crippen LogP contribution is -2.55. The lowest BCUT2D eigenvalue weighted by Gasteiger charge is -2.22. The Labute approximate surface area is 155 Å². The van der Waals surface area contributed by atoms with Crippen LogP contribution in [0, 0.1) is 0 Å². The van der Waals surface area contributed by atoms with Crippen LogP contribution in [0.15, 0.2) is 30.3 Å². The molecule has 0 spiro atoms. The van der Waals surface area contributed by atoms with Gasteiger partial charge in [-0.1, -0.05) is 30.3 Å². The Hall–Kier alpha value is -2.98. The van der Waals surface area contributed by atoms with Gasteiger partial charge in [-0.2, -0.15) is 0 Å². The molecule has 0 heterocycles. The van der Waals surface area contributed by atoms with Crippen LogP contribution in [0.4, 0.5) is 0 Å². The average Bonchev–Trinajstić information content (AvgIpc) is 2.62. The number of carbonyl (C=O) groups excluding carboxylic acids is 3. The Kier molecular flexibility index (Phi) is 8.90. The largest absolute Gasteiger partial charge is 0.480 e. The second-order valence-corrected chi connectivity index (χ2v) is 5.94. The number of aliphatic hydroxyl groups is 1. The van der Waals surface area contributed by atoms with E-state index in [-0.39, 0.29) is 19.3 Å². The van der Waals surface area contributed by atoms with Crippen molar-refractivity contribution in [3.05, 3.63) is 35.9 Å². The van der Waals surface area contributed by atoms with Crippen LogP contribution < -0.4 is 22.1 Å². The van der Waals surface area contributed by atoms with Crippen molar-refractivity contribution in [3.63, 3.8) is 0 Å². The summed E-state index contributed by atoms with van der Waals surface area (Å²) in [5, 5.41) is 22.4. The molecule has 0 bridgehead atoms. The van der Waals surface area contributed by atoms with Crippen molar-refractivity contribution in [2.75, 3.05) is 6.61 Å². The molecule has 0 aliphatic rings. The molecule has 148 valence electrons. The van der Waals surface area contributed by atoms with E-state index in [0.717, 1.165) is 5.56 Å². The molecule has 0 aliphatic heterocycles. The Balaban J connectivity index is 2.77. The van der Waals surface area contributed by atoms with Crippen molar-refractivity contribution < 1.29 is 29.4 Å². The number of aliphatic carboxylic acids is 1. The number of primary amides is 1. The molecule has 1 aromatic rings. The van der Waals surface area contributed by atoms with E-state index in [4.69, 9.17) is 21.7 Å². The topological polar surface area (TPSA) is 185 Å². The van der Waals surface area contributed by atoms with Crippen LogP contribution in [0.3, 0.4) is 0 Å². The van der Waals surface area contributed by atoms with E-state index in [9.17, 15) is 19.2 Å². The zero-order chi connectivity index (χ0) is 20.4. The molecule has 10 heteroatoms. The standard InChI is InChI=1S/C17H24N4O6/c18-11(8-10-4-2-1-3-5-10)15(24)20-12(6-7-14(19)23)16(25)21-13(9-22)17(26)27/h1-5,11-13,22H,6-9,18H2,(H2,19,23)(H,20,24)(H,21,25)(H,26,27)/t11-,12-,13-/m0/s1. The third kappa shape index (κ3) is 7.84. The molecular formula is C17H24N4O6. The van der Waals surface area contributed by atoms with Gasteiger partial charge in [-0.05, 0) is 18.4 Å². The monoisotopic (exact) mass is 380 g/mol. The van der Waals surface area contributed by atoms with E-state index in [1.54, 1.807) is 24.3 Å². The summed E-state index contributed by atoms with van der Waals surface area (Å²) in [6.45, 7) is -0.828. The third-order valence-electron chi connectivity index (χ3n) is 3.74. The molecule has 0 aliphatic carbocycles. The molecule has 0 saturated heterocycles. The Morgan fingerprint density at radius 2 is 1.59 bits per heavy atom. The maximum atomic E-state index is 12.3. The van der Waals surface area contributed by atoms with Crippen LogP contribution in [-0.2, 0) is 25.6 Å². The zero-order valence-corrected chi connectivity index (χ0v) is 14.6. The van der Waals surface area contributed by atoms with Crippen LogP contribution in [0.1, 0.15) is 18.4 Å². The minimum Gasteiger partial charge on any atom is -0.480 e. The molecule has 0 aromatic heterocycles. The van der Waals surface area contributed by atoms with Gasteiger partial charge in [-0.15, -0.1) is 0 Å². The zero-order valence-electron chi connectivity index (χ0n) is 14.6. The van der Waals surface area contributed by atoms with Crippen molar-refractivity contribution in [2.24, 2.45) is 11.5 Å². The molecule has 3 atom stereocenters. The van der Waals surface area contributed by atoms with Gasteiger partial charge in [0.05, 0.1) is 12.6 Å². The number of amides is 3. The number of aliphatic hydroxyl groups excluding tert-OH is 1. The van der Waals surface area contributed by atoms with E-state index in [1.165, 1.54) is 0 Å². The highest BCUT2D eigenvalue weighted by Crippen LogP contribution is 2.04. The molecule has 10 nitrogen and oxygen atoms in total. The SMILES string of the molecule is NC(=O)CC[C@H](NC(=O)[C@@H](N)Cc1ccccc1)C(=O)N[C@@H](CO)C(=O)O. The molecule has 1 aromatic carbocycles. The summed E-state index contributed by atoms with van der Waals surface area (Å²) in [6.07, 6.45) is -0.114. The molecule has 27 heavy (non-hydrogen) atoms. The number of carboxylic acids is 1. The highest BCUT2D eigenvalue weighted by Gasteiger charge is 2.27. The maximum absolute atomic E-state index is 12.3. The first-order valence-electron chi connectivity index (χ1n) is 8.26. The van der Waals surface area contributed by atoms with E-state index in [2.05, 4.69) is 10.6 Å². The van der Waals surface area contributed by atoms with Gasteiger partial charge in [0.15, 0.2) is 0 Å². The Morgan fingerprint density at radius 3 is 2.11 bits per heavy atom. The van der Waals surface area contributed by atoms with Crippen molar-refractivity contribution >= 4 is 23.7 Å². The molecule has 3 amide bonds. The second-order valence-electron chi connectivity index (χ2n) is 5.94. The van der Waals surface area contributed by atoms with E-state index in [1.807, 2.05) is 6.07 Å². The molecule has 0 radical (unpaired) electrons. The first-order valence-corrected chi connectivity index (χ1v) is 8.26. The van der Waals surface area contributed by atoms with Gasteiger partial charge in [-0.3, -0.25) is 14.4 Å². The van der Waals surface area contributed by atoms with Crippen molar-refractivity contribution in [3.8, 4) is 0 Å². The minimum absolute atomic E-state index is 0.136. The summed E-state index contributed by atoms with van der Waals surface area (Å²) in [7, 11) is 0. The van der Waals surface area contributed by atoms with Crippen molar-refractivity contribution in [2.45, 2.75) is 37.4 Å². The van der Waals surface area contributed by atoms with Gasteiger partial charge in [0.25, 0.3) is 0 Å². The fourth-order valence-corrected chi connectivity index (χ4v) is 2.25. The highest BCUT2D eigenvalue weighted by molar-refractivity contribution is 5.92. The number of hydrogen-bond donors (Lipinski definition) is 6. The minimum atomic E-state index is -1.54. The fraction of sp³-hybridized carbons (Fsp3) is 0.412. The smallest absolute Gasteiger partial charge is 0.328 e. The first-order chi connectivity index (χ1) is 12.7. The number of nitrogens with one attached hydrogen (secondary N) is 2. The number of carboxylic acid groups (broad SMARTS) is 1. The molecule has 0 saturated carbocycles. The maximum Gasteiger partial charge on any atom is 0.328 e. The third-order valence-corrected chi connectivity index (χ3v) is 3.74. The summed E-state index contributed by atoms with van der Waals surface area (Å²) in [6, 6.07) is 5.28. The number of rotatable bonds is 11. The van der Waals surface area contributed by atoms with Gasteiger partial charge in [0.1, 0.15) is 12.1 Å². The van der Waals surface area contributed by atoms with Crippen molar-refractivity contribution in [1.82, 2.24) is 10.6 Å². The van der Waals surface area contributed by atoms with Crippen LogP contribution in [0.5, 0.6) is 0 Å². The predicted octanol–water partition coefficient (Wildman–Crippen LogP) is -2.13. The quantitative estimate of drug-likeness (QED) is 0.253. The number of carbonyl (C=O) groups is 4. The predicted molar refractivity (Wildman–Crippen MR) is 95.1 cm³/mol. The number of hydrogen-bond acceptors (Lipinski definition) is 6. The summed E-state index contributed by atoms with van der Waals surface area (Å²) < 4.78 is 0. The van der Waals surface area contributed by atoms with Gasteiger partial charge >= 0.3 is 5.97 Å². The normalized spacial score (nSPS) is 13.9. The molecule has 8 N–H and O–H groups in total. The molecule has 1 rings (SSSR count). The number of benzene rings is 1. The Morgan fingerprint density at radius 1 is 1.00 bits per heavy atom. The highest BCUT2D eigenvalue weighted by atomic mass is 16.4. The van der Waals surface area contributed by atoms with Gasteiger partial charge in [0.2, 0.25) is 17.7 Å². The van der Waals surface area contributed by atoms with Crippen LogP contribution in [0.2, 0.25) is 0 Å². The molecular weight excluding hydrogens is 356 g/mol. The summed E-state index contributed by atoms with van der Waals surface area (Å²) in [4.78, 5) is 46.5. The lowest BCUT2D eigenvalue weighted by molar-refractivity contribution is -0.143. The van der Waals surface area contributed by atoms with Crippen LogP contribution >= 0.6 is 0 Å². The average molecular weight is 380 g/mol. The Bertz CT molecular complexity index is 667. The van der Waals surface area contributed by atoms with Gasteiger partial charge in [0, 0.05) is 6.42 Å². The summed E-state index contributed by atoms with van der Waals surface area (Å²) in [5.41, 5.74) is 11.8. The fourth-order valence-electron chi connectivity index (χ4n) is 2.25. The van der Waals surface area contributed by atoms with E-state index in [0.29, 0.717) is 0 Å². The van der Waals surface area contributed by atoms with Gasteiger partial charge in [-0.25, -0.2) is 4.79 Å². The number of nitrogens with two attached hydrogens (primary N) is 2. The lowest BCUT2D eigenvalue weighted by atomic mass is 10.0. The first kappa shape index (κ1) is 22.1. The van der Waals surface area contributed by atoms with E-state index >= 15 is 0 Å². The van der Waals surface area contributed by atoms with E-state index < -0.39 is 48.4 Å². The van der Waals surface area contributed by atoms with Gasteiger partial charge < -0.3 is 32.3 Å². The molecule has 0 unspecified atom stereocenters. The summed E-state index contributed by atoms with van der Waals surface area (Å²) in [5.74, 6) is -3.63. The summed E-state index contributed by atoms with van der Waals surface area (Å²) >= 11 is 0.